The Morgan fingerprint density at radius 1 is 1.18 bits per heavy atom. The van der Waals surface area contributed by atoms with E-state index < -0.39 is 0 Å². The van der Waals surface area contributed by atoms with Gasteiger partial charge in [-0.2, -0.15) is 0 Å². The third-order valence-corrected chi connectivity index (χ3v) is 8.94. The van der Waals surface area contributed by atoms with Crippen LogP contribution in [0.5, 0.6) is 0 Å². The van der Waals surface area contributed by atoms with Gasteiger partial charge in [-0.15, -0.1) is 0 Å². The molecule has 9 heteroatoms. The molecule has 0 spiro atoms. The number of ketones is 2. The minimum atomic E-state index is -0.252. The SMILES string of the molecule is CCC1C(O)CC2OC(=O)CC21.O=C1C[C@H]2C=CC[C@@H]12.[2H]B(C)S.[3H]OC1C[C@H]2C(=O)C3CC1[C@H]32.[Ac]. The Bertz CT molecular complexity index is 860. The fraction of sp³-hybridized carbons (Fsp3) is 0.800. The first kappa shape index (κ1) is 26.0. The number of hydrogen-bond acceptors (Lipinski definition) is 7. The number of Topliss-reactive ketones (excluding diaryl/α,β-unsaturated/α-hetero) is 2. The van der Waals surface area contributed by atoms with Gasteiger partial charge in [-0.1, -0.05) is 32.3 Å². The summed E-state index contributed by atoms with van der Waals surface area (Å²) in [6.07, 6.45) is 9.91. The van der Waals surface area contributed by atoms with Gasteiger partial charge in [0.05, 0.1) is 18.6 Å². The number of ether oxygens (including phenoxy) is 1. The number of esters is 1. The number of allylic oxidation sites excluding steroid dienone is 2. The summed E-state index contributed by atoms with van der Waals surface area (Å²) >= 11 is 3.63. The molecule has 7 rings (SSSR count). The van der Waals surface area contributed by atoms with E-state index in [4.69, 9.17) is 7.50 Å². The van der Waals surface area contributed by atoms with Gasteiger partial charge in [0.15, 0.2) is 6.52 Å². The van der Waals surface area contributed by atoms with Crippen molar-refractivity contribution in [2.24, 2.45) is 47.3 Å². The van der Waals surface area contributed by atoms with Gasteiger partial charge in [0, 0.05) is 80.6 Å². The summed E-state index contributed by atoms with van der Waals surface area (Å²) in [5.41, 5.74) is 0. The second kappa shape index (κ2) is 12.2. The number of fused-ring (bicyclic) bond motifs is 2. The Morgan fingerprint density at radius 2 is 1.88 bits per heavy atom. The molecule has 34 heavy (non-hydrogen) atoms. The van der Waals surface area contributed by atoms with Crippen LogP contribution >= 0.6 is 12.5 Å². The van der Waals surface area contributed by atoms with Crippen LogP contribution in [-0.2, 0) is 19.1 Å². The molecule has 0 aromatic rings. The van der Waals surface area contributed by atoms with Crippen molar-refractivity contribution in [2.75, 3.05) is 0 Å². The average molecular weight is 706 g/mol. The molecule has 7 aliphatic rings. The minimum Gasteiger partial charge on any atom is -0.462 e. The van der Waals surface area contributed by atoms with Crippen molar-refractivity contribution >= 4 is 36.5 Å². The summed E-state index contributed by atoms with van der Waals surface area (Å²) in [7, 11) is 0. The third-order valence-electron chi connectivity index (χ3n) is 8.94. The number of rotatable bonds is 2. The quantitative estimate of drug-likeness (QED) is 0.177. The van der Waals surface area contributed by atoms with Gasteiger partial charge < -0.3 is 15.0 Å². The summed E-state index contributed by atoms with van der Waals surface area (Å²) in [6, 6.07) is 0. The van der Waals surface area contributed by atoms with Gasteiger partial charge in [-0.05, 0) is 44.3 Å². The van der Waals surface area contributed by atoms with Crippen molar-refractivity contribution in [2.45, 2.75) is 77.0 Å². The monoisotopic (exact) mass is 706 g/mol. The van der Waals surface area contributed by atoms with Gasteiger partial charge in [-0.25, -0.2) is 12.5 Å². The van der Waals surface area contributed by atoms with E-state index in [-0.39, 0.29) is 92.6 Å². The normalized spacial score (nSPS) is 45.8. The fourth-order valence-electron chi connectivity index (χ4n) is 7.10. The predicted molar refractivity (Wildman–Crippen MR) is 129 cm³/mol. The zero-order chi connectivity index (χ0) is 25.4. The van der Waals surface area contributed by atoms with E-state index in [2.05, 4.69) is 36.7 Å². The second-order valence-electron chi connectivity index (χ2n) is 10.5. The Kier molecular flexibility index (Phi) is 9.35. The molecule has 1 heterocycles. The van der Waals surface area contributed by atoms with E-state index in [1.807, 2.05) is 0 Å². The Hall–Kier alpha value is 0.326. The molecule has 1 radical (unpaired) electrons. The Morgan fingerprint density at radius 3 is 2.44 bits per heavy atom. The summed E-state index contributed by atoms with van der Waals surface area (Å²) < 4.78 is 18.4. The maximum atomic E-state index is 11.2. The fourth-order valence-corrected chi connectivity index (χ4v) is 7.10. The second-order valence-corrected chi connectivity index (χ2v) is 11.0. The molecule has 0 bridgehead atoms. The molecule has 1 aliphatic heterocycles. The summed E-state index contributed by atoms with van der Waals surface area (Å²) in [6.45, 7) is 3.53. The first-order chi connectivity index (χ1) is 16.7. The van der Waals surface area contributed by atoms with Crippen LogP contribution in [0.4, 0.5) is 0 Å². The number of carbonyl (C=O) groups excluding carboxylic acids is 3. The Labute approximate surface area is 247 Å². The van der Waals surface area contributed by atoms with Crippen LogP contribution in [0.3, 0.4) is 0 Å². The minimum absolute atomic E-state index is 0. The molecular weight excluding hydrogens is 666 g/mol. The number of aliphatic hydroxyl groups excluding tert-OH is 2. The molecular formula is C25H37AcBO6S. The van der Waals surface area contributed by atoms with Crippen LogP contribution in [-0.4, -0.2) is 55.4 Å². The molecule has 11 atom stereocenters. The summed E-state index contributed by atoms with van der Waals surface area (Å²) in [5.74, 6) is 4.30. The largest absolute Gasteiger partial charge is 0.462 e. The number of hydrogen-bond donors (Lipinski definition) is 3. The summed E-state index contributed by atoms with van der Waals surface area (Å²) in [4.78, 5) is 32.8. The Balaban J connectivity index is 0.000000140. The van der Waals surface area contributed by atoms with E-state index >= 15 is 0 Å². The van der Waals surface area contributed by atoms with E-state index in [9.17, 15) is 19.5 Å². The van der Waals surface area contributed by atoms with Gasteiger partial charge in [0.25, 0.3) is 0 Å². The standard InChI is InChI=1S/C9H14O3.C8H10O2.C7H8O.CH5BS.Ac/c1-2-5-6-3-9(11)12-8(6)4-7(5)10;9-6-2-5-7-3(6)1-4(7)8(5)10;8-7-4-5-2-1-3-6(5)7;1-2-3;/h5-8,10H,2-4H2,1H3;3-7,9H,1-2H2;1-2,5-6H,3-4H2;2-3H,1H3;/t;3?,4?,5-,6?,7-;5-,6-;;/m.11../s1/i;9T;;2D;. The van der Waals surface area contributed by atoms with Gasteiger partial charge in [0.2, 0.25) is 1.43 Å². The van der Waals surface area contributed by atoms with Crippen molar-refractivity contribution in [3.05, 3.63) is 12.2 Å². The zero-order valence-electron chi connectivity index (χ0n) is 22.0. The van der Waals surface area contributed by atoms with Crippen LogP contribution in [0.2, 0.25) is 6.82 Å². The predicted octanol–water partition coefficient (Wildman–Crippen LogP) is 2.38. The van der Waals surface area contributed by atoms with Crippen molar-refractivity contribution < 1.29 is 73.4 Å². The van der Waals surface area contributed by atoms with Crippen molar-refractivity contribution in [1.29, 1.82) is 2.77 Å². The van der Waals surface area contributed by atoms with Crippen LogP contribution < -0.4 is 0 Å². The van der Waals surface area contributed by atoms with E-state index in [1.165, 1.54) is 0 Å². The van der Waals surface area contributed by atoms with E-state index in [0.717, 1.165) is 32.1 Å². The van der Waals surface area contributed by atoms with Crippen molar-refractivity contribution in [3.63, 3.8) is 0 Å². The maximum absolute atomic E-state index is 11.2. The number of carbonyl (C=O) groups is 3. The maximum Gasteiger partial charge on any atom is 0.306 e. The molecule has 6 nitrogen and oxygen atoms in total. The smallest absolute Gasteiger partial charge is 0.306 e. The van der Waals surface area contributed by atoms with Crippen molar-refractivity contribution in [1.82, 2.24) is 0 Å². The molecule has 2 N–H and O–H groups in total. The van der Waals surface area contributed by atoms with Crippen LogP contribution in [0.25, 0.3) is 0 Å². The van der Waals surface area contributed by atoms with E-state index in [0.29, 0.717) is 54.0 Å². The van der Waals surface area contributed by atoms with Gasteiger partial charge >= 0.3 is 5.97 Å². The molecule has 6 fully saturated rings. The zero-order valence-corrected chi connectivity index (χ0v) is 25.7. The molecule has 5 saturated carbocycles. The molecule has 0 amide bonds. The molecule has 0 aromatic heterocycles. The first-order valence-electron chi connectivity index (χ1n) is 13.5. The third kappa shape index (κ3) is 5.45. The first-order valence-corrected chi connectivity index (χ1v) is 13.0. The molecule has 1 saturated heterocycles. The van der Waals surface area contributed by atoms with Gasteiger partial charge in [0.1, 0.15) is 17.7 Å². The molecule has 0 aromatic carbocycles. The van der Waals surface area contributed by atoms with E-state index in [1.54, 1.807) is 6.82 Å². The van der Waals surface area contributed by atoms with Crippen LogP contribution in [0.1, 0.15) is 51.9 Å². The summed E-state index contributed by atoms with van der Waals surface area (Å²) in [5, 5.41) is 14.2. The average Bonchev–Trinajstić information content (AvgIpc) is 3.44. The van der Waals surface area contributed by atoms with Crippen molar-refractivity contribution in [3.8, 4) is 0 Å². The van der Waals surface area contributed by atoms with Crippen LogP contribution in [0.15, 0.2) is 12.2 Å². The number of thiol groups is 1. The molecule has 185 valence electrons. The number of aliphatic hydroxyl groups is 2. The van der Waals surface area contributed by atoms with Crippen LogP contribution in [0, 0.1) is 91.4 Å². The van der Waals surface area contributed by atoms with Gasteiger partial charge in [-0.3, -0.25) is 14.4 Å². The molecule has 6 aliphatic carbocycles. The molecule has 7 unspecified atom stereocenters. The topological polar surface area (TPSA) is 101 Å².